The molecule has 0 bridgehead atoms. The predicted octanol–water partition coefficient (Wildman–Crippen LogP) is 0.661. The first-order chi connectivity index (χ1) is 7.77. The minimum Gasteiger partial charge on any atom is -0.366 e. The Balaban J connectivity index is 1.81. The monoisotopic (exact) mass is 240 g/mol. The van der Waals surface area contributed by atoms with Crippen molar-refractivity contribution in [2.45, 2.75) is 19.6 Å². The van der Waals surface area contributed by atoms with E-state index in [4.69, 9.17) is 4.74 Å². The van der Waals surface area contributed by atoms with Crippen LogP contribution in [0.4, 0.5) is 0 Å². The second-order valence-electron chi connectivity index (χ2n) is 3.81. The van der Waals surface area contributed by atoms with Crippen LogP contribution in [-0.4, -0.2) is 31.7 Å². The van der Waals surface area contributed by atoms with Gasteiger partial charge in [-0.1, -0.05) is 0 Å². The molecule has 1 amide bonds. The van der Waals surface area contributed by atoms with E-state index in [0.29, 0.717) is 19.7 Å². The van der Waals surface area contributed by atoms with Crippen LogP contribution in [0, 0.1) is 6.92 Å². The van der Waals surface area contributed by atoms with Crippen LogP contribution < -0.4 is 10.6 Å². The summed E-state index contributed by atoms with van der Waals surface area (Å²) in [5.41, 5.74) is 1.23. The smallest absolute Gasteiger partial charge is 0.250 e. The van der Waals surface area contributed by atoms with E-state index in [-0.39, 0.29) is 12.0 Å². The summed E-state index contributed by atoms with van der Waals surface area (Å²) in [4.78, 5) is 12.9. The molecule has 1 atom stereocenters. The molecule has 16 heavy (non-hydrogen) atoms. The van der Waals surface area contributed by atoms with Crippen LogP contribution >= 0.6 is 11.3 Å². The van der Waals surface area contributed by atoms with Crippen molar-refractivity contribution in [2.24, 2.45) is 0 Å². The van der Waals surface area contributed by atoms with E-state index in [9.17, 15) is 4.79 Å². The van der Waals surface area contributed by atoms with Crippen molar-refractivity contribution in [3.8, 4) is 0 Å². The molecule has 1 aliphatic heterocycles. The van der Waals surface area contributed by atoms with Gasteiger partial charge in [-0.25, -0.2) is 0 Å². The van der Waals surface area contributed by atoms with Gasteiger partial charge in [0.1, 0.15) is 6.10 Å². The molecule has 1 aliphatic rings. The SMILES string of the molecule is Cc1ccsc1CNC(=O)C1CNCCO1. The van der Waals surface area contributed by atoms with Gasteiger partial charge in [0.15, 0.2) is 0 Å². The van der Waals surface area contributed by atoms with Crippen LogP contribution in [0.2, 0.25) is 0 Å². The Hall–Kier alpha value is -0.910. The molecular weight excluding hydrogens is 224 g/mol. The van der Waals surface area contributed by atoms with Crippen LogP contribution in [0.25, 0.3) is 0 Å². The molecule has 5 heteroatoms. The van der Waals surface area contributed by atoms with E-state index in [1.54, 1.807) is 11.3 Å². The molecule has 1 unspecified atom stereocenters. The van der Waals surface area contributed by atoms with Crippen molar-refractivity contribution in [1.29, 1.82) is 0 Å². The topological polar surface area (TPSA) is 50.4 Å². The number of aryl methyl sites for hydroxylation is 1. The predicted molar refractivity (Wildman–Crippen MR) is 63.5 cm³/mol. The number of ether oxygens (including phenoxy) is 1. The molecule has 0 aromatic carbocycles. The molecule has 1 saturated heterocycles. The highest BCUT2D eigenvalue weighted by Crippen LogP contribution is 2.14. The van der Waals surface area contributed by atoms with Crippen molar-refractivity contribution in [2.75, 3.05) is 19.7 Å². The van der Waals surface area contributed by atoms with Gasteiger partial charge in [0, 0.05) is 18.0 Å². The van der Waals surface area contributed by atoms with E-state index in [0.717, 1.165) is 6.54 Å². The Kier molecular flexibility index (Phi) is 3.93. The highest BCUT2D eigenvalue weighted by Gasteiger charge is 2.21. The van der Waals surface area contributed by atoms with Crippen LogP contribution in [0.3, 0.4) is 0 Å². The van der Waals surface area contributed by atoms with Gasteiger partial charge in [0.2, 0.25) is 0 Å². The molecular formula is C11H16N2O2S. The number of rotatable bonds is 3. The summed E-state index contributed by atoms with van der Waals surface area (Å²) in [6, 6.07) is 2.06. The fourth-order valence-corrected chi connectivity index (χ4v) is 2.45. The Labute approximate surface area is 99.0 Å². The summed E-state index contributed by atoms with van der Waals surface area (Å²) in [5, 5.41) is 8.08. The first-order valence-corrected chi connectivity index (χ1v) is 6.28. The molecule has 88 valence electrons. The quantitative estimate of drug-likeness (QED) is 0.816. The Morgan fingerprint density at radius 1 is 1.75 bits per heavy atom. The second kappa shape index (κ2) is 5.43. The van der Waals surface area contributed by atoms with Gasteiger partial charge in [0.05, 0.1) is 13.2 Å². The van der Waals surface area contributed by atoms with Gasteiger partial charge in [-0.3, -0.25) is 4.79 Å². The maximum absolute atomic E-state index is 11.7. The summed E-state index contributed by atoms with van der Waals surface area (Å²) in [7, 11) is 0. The Bertz CT molecular complexity index is 359. The Morgan fingerprint density at radius 2 is 2.62 bits per heavy atom. The zero-order chi connectivity index (χ0) is 11.4. The number of carbonyl (C=O) groups excluding carboxylic acids is 1. The van der Waals surface area contributed by atoms with Crippen molar-refractivity contribution in [1.82, 2.24) is 10.6 Å². The number of amides is 1. The second-order valence-corrected chi connectivity index (χ2v) is 4.81. The van der Waals surface area contributed by atoms with Gasteiger partial charge in [-0.2, -0.15) is 0 Å². The average molecular weight is 240 g/mol. The lowest BCUT2D eigenvalue weighted by Crippen LogP contribution is -2.47. The van der Waals surface area contributed by atoms with Gasteiger partial charge in [-0.05, 0) is 23.9 Å². The molecule has 2 heterocycles. The van der Waals surface area contributed by atoms with E-state index in [1.807, 2.05) is 5.38 Å². The van der Waals surface area contributed by atoms with Gasteiger partial charge in [0.25, 0.3) is 5.91 Å². The molecule has 4 nitrogen and oxygen atoms in total. The number of hydrogen-bond acceptors (Lipinski definition) is 4. The average Bonchev–Trinajstić information content (AvgIpc) is 2.73. The summed E-state index contributed by atoms with van der Waals surface area (Å²) in [6.45, 7) is 4.69. The standard InChI is InChI=1S/C11H16N2O2S/c1-8-2-5-16-10(8)7-13-11(14)9-6-12-3-4-15-9/h2,5,9,12H,3-4,6-7H2,1H3,(H,13,14). The third-order valence-electron chi connectivity index (χ3n) is 2.61. The Morgan fingerprint density at radius 3 is 3.25 bits per heavy atom. The molecule has 1 aromatic heterocycles. The maximum Gasteiger partial charge on any atom is 0.250 e. The number of nitrogens with one attached hydrogen (secondary N) is 2. The summed E-state index contributed by atoms with van der Waals surface area (Å²) < 4.78 is 5.37. The minimum absolute atomic E-state index is 0.0278. The molecule has 2 rings (SSSR count). The number of carbonyl (C=O) groups is 1. The van der Waals surface area contributed by atoms with Crippen molar-refractivity contribution in [3.63, 3.8) is 0 Å². The molecule has 0 aliphatic carbocycles. The fraction of sp³-hybridized carbons (Fsp3) is 0.545. The van der Waals surface area contributed by atoms with Crippen LogP contribution in [0.5, 0.6) is 0 Å². The lowest BCUT2D eigenvalue weighted by molar-refractivity contribution is -0.134. The largest absolute Gasteiger partial charge is 0.366 e. The number of morpholine rings is 1. The molecule has 1 fully saturated rings. The first-order valence-electron chi connectivity index (χ1n) is 5.40. The van der Waals surface area contributed by atoms with Crippen LogP contribution in [0.1, 0.15) is 10.4 Å². The van der Waals surface area contributed by atoms with Crippen LogP contribution in [-0.2, 0) is 16.1 Å². The van der Waals surface area contributed by atoms with E-state index in [1.165, 1.54) is 10.4 Å². The maximum atomic E-state index is 11.7. The summed E-state index contributed by atoms with van der Waals surface area (Å²) >= 11 is 1.67. The van der Waals surface area contributed by atoms with Gasteiger partial charge < -0.3 is 15.4 Å². The lowest BCUT2D eigenvalue weighted by atomic mass is 10.2. The molecule has 0 spiro atoms. The van der Waals surface area contributed by atoms with Crippen molar-refractivity contribution >= 4 is 17.2 Å². The normalized spacial score (nSPS) is 20.7. The summed E-state index contributed by atoms with van der Waals surface area (Å²) in [5.74, 6) is -0.0278. The highest BCUT2D eigenvalue weighted by molar-refractivity contribution is 7.10. The molecule has 0 saturated carbocycles. The minimum atomic E-state index is -0.339. The third kappa shape index (κ3) is 2.81. The van der Waals surface area contributed by atoms with E-state index < -0.39 is 0 Å². The van der Waals surface area contributed by atoms with E-state index >= 15 is 0 Å². The number of thiophene rings is 1. The molecule has 0 radical (unpaired) electrons. The first kappa shape index (κ1) is 11.6. The van der Waals surface area contributed by atoms with Crippen molar-refractivity contribution < 1.29 is 9.53 Å². The van der Waals surface area contributed by atoms with E-state index in [2.05, 4.69) is 23.6 Å². The fourth-order valence-electron chi connectivity index (χ4n) is 1.60. The zero-order valence-corrected chi connectivity index (χ0v) is 10.1. The zero-order valence-electron chi connectivity index (χ0n) is 9.29. The molecule has 2 N–H and O–H groups in total. The lowest BCUT2D eigenvalue weighted by Gasteiger charge is -2.22. The van der Waals surface area contributed by atoms with Gasteiger partial charge in [-0.15, -0.1) is 11.3 Å². The third-order valence-corrected chi connectivity index (χ3v) is 3.63. The molecule has 1 aromatic rings. The van der Waals surface area contributed by atoms with Crippen LogP contribution in [0.15, 0.2) is 11.4 Å². The van der Waals surface area contributed by atoms with Gasteiger partial charge >= 0.3 is 0 Å². The number of hydrogen-bond donors (Lipinski definition) is 2. The summed E-state index contributed by atoms with van der Waals surface area (Å²) in [6.07, 6.45) is -0.339. The van der Waals surface area contributed by atoms with Crippen molar-refractivity contribution in [3.05, 3.63) is 21.9 Å². The highest BCUT2D eigenvalue weighted by atomic mass is 32.1.